The number of halogens is 1. The normalized spacial score (nSPS) is 19.6. The van der Waals surface area contributed by atoms with Gasteiger partial charge in [0.05, 0.1) is 17.5 Å². The van der Waals surface area contributed by atoms with Crippen molar-refractivity contribution < 1.29 is 14.7 Å². The molecule has 1 aromatic heterocycles. The number of ketones is 1. The van der Waals surface area contributed by atoms with Crippen LogP contribution in [0, 0.1) is 17.8 Å². The van der Waals surface area contributed by atoms with Crippen molar-refractivity contribution in [3.8, 4) is 11.1 Å². The lowest BCUT2D eigenvalue weighted by atomic mass is 9.84. The minimum absolute atomic E-state index is 0.167. The Labute approximate surface area is 206 Å². The van der Waals surface area contributed by atoms with E-state index in [0.717, 1.165) is 16.5 Å². The fourth-order valence-corrected chi connectivity index (χ4v) is 5.24. The second-order valence-electron chi connectivity index (χ2n) is 8.98. The number of Topliss-reactive ketones (excluding diaryl/α,β-unsaturated/α-hetero) is 1. The molecule has 0 aliphatic heterocycles. The summed E-state index contributed by atoms with van der Waals surface area (Å²) in [6.45, 7) is 0.167. The van der Waals surface area contributed by atoms with Crippen LogP contribution in [0.15, 0.2) is 83.8 Å². The molecular formula is C28H23ClN2O4. The topological polar surface area (TPSA) is 89.3 Å². The van der Waals surface area contributed by atoms with E-state index >= 15 is 0 Å². The Kier molecular flexibility index (Phi) is 6.22. The van der Waals surface area contributed by atoms with Crippen LogP contribution in [-0.4, -0.2) is 26.6 Å². The van der Waals surface area contributed by atoms with E-state index in [9.17, 15) is 19.5 Å². The molecule has 35 heavy (non-hydrogen) atoms. The fraction of sp³-hybridized carbons (Fsp3) is 0.214. The molecular weight excluding hydrogens is 464 g/mol. The molecule has 6 nitrogen and oxygen atoms in total. The summed E-state index contributed by atoms with van der Waals surface area (Å²) in [7, 11) is 0. The minimum Gasteiger partial charge on any atom is -0.481 e. The highest BCUT2D eigenvalue weighted by atomic mass is 35.5. The third kappa shape index (κ3) is 4.49. The van der Waals surface area contributed by atoms with E-state index in [1.165, 1.54) is 4.68 Å². The van der Waals surface area contributed by atoms with E-state index in [1.807, 2.05) is 48.5 Å². The Hall–Kier alpha value is -3.77. The second kappa shape index (κ2) is 9.47. The van der Waals surface area contributed by atoms with Gasteiger partial charge in [-0.15, -0.1) is 0 Å². The van der Waals surface area contributed by atoms with Crippen LogP contribution in [0.4, 0.5) is 0 Å². The first-order valence-electron chi connectivity index (χ1n) is 11.5. The first-order chi connectivity index (χ1) is 16.9. The van der Waals surface area contributed by atoms with Crippen LogP contribution in [0.5, 0.6) is 0 Å². The average molecular weight is 487 g/mol. The number of carboxylic acids is 1. The maximum absolute atomic E-state index is 13.3. The average Bonchev–Trinajstić information content (AvgIpc) is 3.30. The molecule has 3 atom stereocenters. The largest absolute Gasteiger partial charge is 0.481 e. The maximum atomic E-state index is 13.3. The van der Waals surface area contributed by atoms with Gasteiger partial charge in [0.2, 0.25) is 0 Å². The zero-order valence-electron chi connectivity index (χ0n) is 18.8. The lowest BCUT2D eigenvalue weighted by Gasteiger charge is -2.21. The van der Waals surface area contributed by atoms with Crippen LogP contribution >= 0.6 is 11.6 Å². The van der Waals surface area contributed by atoms with Crippen LogP contribution in [0.1, 0.15) is 23.2 Å². The zero-order chi connectivity index (χ0) is 24.5. The zero-order valence-corrected chi connectivity index (χ0v) is 19.6. The Morgan fingerprint density at radius 3 is 2.29 bits per heavy atom. The fourth-order valence-electron chi connectivity index (χ4n) is 5.12. The van der Waals surface area contributed by atoms with Crippen molar-refractivity contribution in [1.82, 2.24) is 9.78 Å². The van der Waals surface area contributed by atoms with E-state index in [1.54, 1.807) is 30.5 Å². The van der Waals surface area contributed by atoms with Gasteiger partial charge < -0.3 is 5.11 Å². The van der Waals surface area contributed by atoms with E-state index in [4.69, 9.17) is 11.6 Å². The number of benzene rings is 3. The summed E-state index contributed by atoms with van der Waals surface area (Å²) in [5.74, 6) is -3.08. The van der Waals surface area contributed by atoms with Crippen LogP contribution in [0.25, 0.3) is 21.9 Å². The summed E-state index contributed by atoms with van der Waals surface area (Å²) in [6.07, 6.45) is 2.62. The molecule has 0 spiro atoms. The number of carbonyl (C=O) groups is 2. The molecule has 1 fully saturated rings. The second-order valence-corrected chi connectivity index (χ2v) is 9.41. The highest BCUT2D eigenvalue weighted by molar-refractivity contribution is 6.30. The molecule has 4 aromatic rings. The summed E-state index contributed by atoms with van der Waals surface area (Å²) in [5.41, 5.74) is 2.16. The number of hydrogen-bond acceptors (Lipinski definition) is 4. The summed E-state index contributed by atoms with van der Waals surface area (Å²) in [5, 5.41) is 16.2. The molecule has 5 rings (SSSR count). The Morgan fingerprint density at radius 2 is 1.60 bits per heavy atom. The third-order valence-electron chi connectivity index (χ3n) is 6.93. The Bertz CT molecular complexity index is 1460. The first kappa shape index (κ1) is 23.0. The molecule has 1 N–H and O–H groups in total. The number of aliphatic carboxylic acids is 1. The molecule has 0 amide bonds. The quantitative estimate of drug-likeness (QED) is 0.372. The number of carboxylic acid groups (broad SMARTS) is 1. The molecule has 0 saturated heterocycles. The maximum Gasteiger partial charge on any atom is 0.307 e. The third-order valence-corrected chi connectivity index (χ3v) is 7.18. The highest BCUT2D eigenvalue weighted by Gasteiger charge is 2.45. The monoisotopic (exact) mass is 486 g/mol. The van der Waals surface area contributed by atoms with E-state index in [0.29, 0.717) is 28.8 Å². The molecule has 0 unspecified atom stereocenters. The predicted octanol–water partition coefficient (Wildman–Crippen LogP) is 5.33. The van der Waals surface area contributed by atoms with Crippen LogP contribution in [0.2, 0.25) is 5.02 Å². The first-order valence-corrected chi connectivity index (χ1v) is 11.9. The number of rotatable bonds is 6. The molecule has 1 saturated carbocycles. The standard InChI is InChI=1S/C28H23ClN2O4/c29-22-12-9-18(10-13-22)17-5-7-19(8-6-17)26(32)24-14-11-21(25(24)28(34)35)16-31-27(33)23-4-2-1-3-20(23)15-30-31/h1-10,12-13,15,21,24-25H,11,14,16H2,(H,34,35)/t21-,24-,25-/m0/s1. The summed E-state index contributed by atoms with van der Waals surface area (Å²) >= 11 is 5.96. The summed E-state index contributed by atoms with van der Waals surface area (Å²) in [4.78, 5) is 38.4. The van der Waals surface area contributed by atoms with Gasteiger partial charge in [-0.3, -0.25) is 14.4 Å². The number of carbonyl (C=O) groups excluding carboxylic acids is 1. The van der Waals surface area contributed by atoms with Gasteiger partial charge >= 0.3 is 5.97 Å². The SMILES string of the molecule is O=C(O)[C@H]1[C@H](Cn2ncc3ccccc3c2=O)CC[C@@H]1C(=O)c1ccc(-c2ccc(Cl)cc2)cc1. The smallest absolute Gasteiger partial charge is 0.307 e. The highest BCUT2D eigenvalue weighted by Crippen LogP contribution is 2.40. The van der Waals surface area contributed by atoms with Crippen molar-refractivity contribution in [2.24, 2.45) is 17.8 Å². The molecule has 0 radical (unpaired) electrons. The molecule has 7 heteroatoms. The van der Waals surface area contributed by atoms with E-state index < -0.39 is 17.8 Å². The predicted molar refractivity (Wildman–Crippen MR) is 135 cm³/mol. The number of fused-ring (bicyclic) bond motifs is 1. The molecule has 1 heterocycles. The van der Waals surface area contributed by atoms with Crippen molar-refractivity contribution >= 4 is 34.1 Å². The Morgan fingerprint density at radius 1 is 0.943 bits per heavy atom. The lowest BCUT2D eigenvalue weighted by Crippen LogP contribution is -2.34. The van der Waals surface area contributed by atoms with Gasteiger partial charge in [0, 0.05) is 28.4 Å². The van der Waals surface area contributed by atoms with E-state index in [2.05, 4.69) is 5.10 Å². The molecule has 1 aliphatic rings. The molecule has 3 aromatic carbocycles. The molecule has 0 bridgehead atoms. The molecule has 176 valence electrons. The lowest BCUT2D eigenvalue weighted by molar-refractivity contribution is -0.144. The number of nitrogens with zero attached hydrogens (tertiary/aromatic N) is 2. The van der Waals surface area contributed by atoms with Crippen LogP contribution in [-0.2, 0) is 11.3 Å². The van der Waals surface area contributed by atoms with Gasteiger partial charge in [-0.1, -0.05) is 66.2 Å². The number of aromatic nitrogens is 2. The number of hydrogen-bond donors (Lipinski definition) is 1. The van der Waals surface area contributed by atoms with Gasteiger partial charge in [-0.25, -0.2) is 4.68 Å². The summed E-state index contributed by atoms with van der Waals surface area (Å²) < 4.78 is 1.33. The summed E-state index contributed by atoms with van der Waals surface area (Å²) in [6, 6.07) is 21.8. The van der Waals surface area contributed by atoms with Gasteiger partial charge in [0.15, 0.2) is 5.78 Å². The van der Waals surface area contributed by atoms with Crippen molar-refractivity contribution in [1.29, 1.82) is 0 Å². The van der Waals surface area contributed by atoms with Crippen LogP contribution < -0.4 is 5.56 Å². The van der Waals surface area contributed by atoms with Crippen molar-refractivity contribution in [3.05, 3.63) is 99.9 Å². The van der Waals surface area contributed by atoms with Gasteiger partial charge in [-0.2, -0.15) is 5.10 Å². The van der Waals surface area contributed by atoms with E-state index in [-0.39, 0.29) is 23.8 Å². The van der Waals surface area contributed by atoms with Crippen molar-refractivity contribution in [2.75, 3.05) is 0 Å². The molecule has 1 aliphatic carbocycles. The van der Waals surface area contributed by atoms with Gasteiger partial charge in [-0.05, 0) is 48.1 Å². The van der Waals surface area contributed by atoms with Gasteiger partial charge in [0.1, 0.15) is 0 Å². The Balaban J connectivity index is 1.36. The van der Waals surface area contributed by atoms with Crippen molar-refractivity contribution in [3.63, 3.8) is 0 Å². The minimum atomic E-state index is -1.02. The van der Waals surface area contributed by atoms with Gasteiger partial charge in [0.25, 0.3) is 5.56 Å². The van der Waals surface area contributed by atoms with Crippen molar-refractivity contribution in [2.45, 2.75) is 19.4 Å². The van der Waals surface area contributed by atoms with Crippen LogP contribution in [0.3, 0.4) is 0 Å².